The van der Waals surface area contributed by atoms with Gasteiger partial charge in [0.1, 0.15) is 11.0 Å². The van der Waals surface area contributed by atoms with Crippen LogP contribution in [0.2, 0.25) is 5.15 Å². The smallest absolute Gasteiger partial charge is 0.255 e. The van der Waals surface area contributed by atoms with E-state index < -0.39 is 0 Å². The first-order valence-electron chi connectivity index (χ1n) is 4.38. The number of terminal acetylenes is 1. The minimum Gasteiger partial charge on any atom is -0.296 e. The van der Waals surface area contributed by atoms with E-state index in [1.807, 2.05) is 6.92 Å². The summed E-state index contributed by atoms with van der Waals surface area (Å²) in [6.45, 7) is 2.42. The van der Waals surface area contributed by atoms with Crippen molar-refractivity contribution in [2.24, 2.45) is 0 Å². The molecule has 0 N–H and O–H groups in total. The molecule has 0 aliphatic heterocycles. The molecule has 1 heterocycles. The zero-order valence-electron chi connectivity index (χ0n) is 7.96. The highest BCUT2D eigenvalue weighted by molar-refractivity contribution is 6.29. The van der Waals surface area contributed by atoms with Crippen LogP contribution in [0.1, 0.15) is 19.2 Å². The molecule has 0 fully saturated rings. The molecule has 0 amide bonds. The van der Waals surface area contributed by atoms with Gasteiger partial charge in [0.05, 0.1) is 0 Å². The second-order valence-corrected chi connectivity index (χ2v) is 3.18. The molecule has 3 nitrogen and oxygen atoms in total. The Labute approximate surface area is 87.7 Å². The molecule has 74 valence electrons. The predicted octanol–water partition coefficient (Wildman–Crippen LogP) is 1.48. The molecule has 0 unspecified atom stereocenters. The molecule has 1 aromatic heterocycles. The second kappa shape index (κ2) is 4.83. The molecular formula is C10H11ClN2O. The number of rotatable bonds is 3. The lowest BCUT2D eigenvalue weighted by atomic mass is 10.3. The van der Waals surface area contributed by atoms with Gasteiger partial charge < -0.3 is 0 Å². The highest BCUT2D eigenvalue weighted by Gasteiger charge is 2.04. The van der Waals surface area contributed by atoms with Crippen LogP contribution in [0.15, 0.2) is 10.9 Å². The Morgan fingerprint density at radius 3 is 3.00 bits per heavy atom. The summed E-state index contributed by atoms with van der Waals surface area (Å²) >= 11 is 5.67. The minimum atomic E-state index is -0.142. The monoisotopic (exact) mass is 210 g/mol. The van der Waals surface area contributed by atoms with Crippen molar-refractivity contribution in [1.82, 2.24) is 9.55 Å². The number of halogens is 1. The van der Waals surface area contributed by atoms with Gasteiger partial charge in [0, 0.05) is 25.5 Å². The van der Waals surface area contributed by atoms with E-state index in [-0.39, 0.29) is 10.7 Å². The summed E-state index contributed by atoms with van der Waals surface area (Å²) in [7, 11) is 0. The first-order valence-corrected chi connectivity index (χ1v) is 4.76. The molecule has 0 bridgehead atoms. The van der Waals surface area contributed by atoms with E-state index in [1.165, 1.54) is 6.07 Å². The third-order valence-corrected chi connectivity index (χ3v) is 2.05. The SMILES string of the molecule is C#CCCn1c(CC)nc(Cl)cc1=O. The van der Waals surface area contributed by atoms with Crippen LogP contribution in [0.4, 0.5) is 0 Å². The van der Waals surface area contributed by atoms with Gasteiger partial charge in [0.2, 0.25) is 0 Å². The van der Waals surface area contributed by atoms with E-state index in [0.717, 1.165) is 0 Å². The van der Waals surface area contributed by atoms with Crippen molar-refractivity contribution in [3.05, 3.63) is 27.4 Å². The summed E-state index contributed by atoms with van der Waals surface area (Å²) in [5.74, 6) is 3.17. The lowest BCUT2D eigenvalue weighted by molar-refractivity contribution is 0.626. The lowest BCUT2D eigenvalue weighted by Gasteiger charge is -2.08. The molecule has 0 aliphatic carbocycles. The van der Waals surface area contributed by atoms with Crippen molar-refractivity contribution < 1.29 is 0 Å². The summed E-state index contributed by atoms with van der Waals surface area (Å²) in [4.78, 5) is 15.6. The molecule has 14 heavy (non-hydrogen) atoms. The molecule has 4 heteroatoms. The average Bonchev–Trinajstić information content (AvgIpc) is 2.15. The first-order chi connectivity index (χ1) is 6.69. The third-order valence-electron chi connectivity index (χ3n) is 1.85. The zero-order valence-corrected chi connectivity index (χ0v) is 8.71. The Bertz CT molecular complexity index is 417. The number of hydrogen-bond donors (Lipinski definition) is 0. The predicted molar refractivity (Wildman–Crippen MR) is 56.3 cm³/mol. The maximum absolute atomic E-state index is 11.5. The lowest BCUT2D eigenvalue weighted by Crippen LogP contribution is -2.24. The van der Waals surface area contributed by atoms with Gasteiger partial charge in [-0.3, -0.25) is 9.36 Å². The number of aryl methyl sites for hydroxylation is 1. The molecule has 0 atom stereocenters. The Morgan fingerprint density at radius 2 is 2.43 bits per heavy atom. The van der Waals surface area contributed by atoms with Crippen molar-refractivity contribution in [3.8, 4) is 12.3 Å². The van der Waals surface area contributed by atoms with Crippen LogP contribution >= 0.6 is 11.6 Å². The van der Waals surface area contributed by atoms with E-state index >= 15 is 0 Å². The summed E-state index contributed by atoms with van der Waals surface area (Å²) in [5.41, 5.74) is -0.142. The van der Waals surface area contributed by atoms with Crippen molar-refractivity contribution in [2.45, 2.75) is 26.3 Å². The summed E-state index contributed by atoms with van der Waals surface area (Å²) in [5, 5.41) is 0.240. The normalized spacial score (nSPS) is 9.79. The maximum Gasteiger partial charge on any atom is 0.255 e. The third kappa shape index (κ3) is 2.36. The highest BCUT2D eigenvalue weighted by atomic mass is 35.5. The summed E-state index contributed by atoms with van der Waals surface area (Å²) < 4.78 is 1.56. The average molecular weight is 211 g/mol. The van der Waals surface area contributed by atoms with E-state index in [0.29, 0.717) is 25.2 Å². The molecule has 0 saturated carbocycles. The zero-order chi connectivity index (χ0) is 10.6. The topological polar surface area (TPSA) is 34.9 Å². The number of nitrogens with zero attached hydrogens (tertiary/aromatic N) is 2. The summed E-state index contributed by atoms with van der Waals surface area (Å²) in [6, 6.07) is 1.30. The van der Waals surface area contributed by atoms with Gasteiger partial charge in [-0.2, -0.15) is 0 Å². The van der Waals surface area contributed by atoms with Gasteiger partial charge in [0.25, 0.3) is 5.56 Å². The molecule has 0 spiro atoms. The van der Waals surface area contributed by atoms with Crippen molar-refractivity contribution >= 4 is 11.6 Å². The van der Waals surface area contributed by atoms with E-state index in [2.05, 4.69) is 10.9 Å². The van der Waals surface area contributed by atoms with Crippen molar-refractivity contribution in [2.75, 3.05) is 0 Å². The van der Waals surface area contributed by atoms with Crippen LogP contribution in [0.3, 0.4) is 0 Å². The number of aromatic nitrogens is 2. The molecule has 1 aromatic rings. The van der Waals surface area contributed by atoms with Gasteiger partial charge in [-0.05, 0) is 0 Å². The van der Waals surface area contributed by atoms with Crippen LogP contribution in [0.25, 0.3) is 0 Å². The standard InChI is InChI=1S/C10H11ClN2O/c1-3-5-6-13-9(4-2)12-8(11)7-10(13)14/h1,7H,4-6H2,2H3. The molecule has 0 saturated heterocycles. The van der Waals surface area contributed by atoms with Gasteiger partial charge in [-0.15, -0.1) is 12.3 Å². The molecule has 1 rings (SSSR count). The largest absolute Gasteiger partial charge is 0.296 e. The fraction of sp³-hybridized carbons (Fsp3) is 0.400. The molecule has 0 aliphatic rings. The Balaban J connectivity index is 3.13. The van der Waals surface area contributed by atoms with Crippen molar-refractivity contribution in [1.29, 1.82) is 0 Å². The van der Waals surface area contributed by atoms with E-state index in [9.17, 15) is 4.79 Å². The summed E-state index contributed by atoms with van der Waals surface area (Å²) in [6.07, 6.45) is 6.33. The number of hydrogen-bond acceptors (Lipinski definition) is 2. The second-order valence-electron chi connectivity index (χ2n) is 2.79. The fourth-order valence-electron chi connectivity index (χ4n) is 1.21. The minimum absolute atomic E-state index is 0.142. The van der Waals surface area contributed by atoms with E-state index in [4.69, 9.17) is 18.0 Å². The van der Waals surface area contributed by atoms with E-state index in [1.54, 1.807) is 4.57 Å². The first kappa shape index (κ1) is 10.8. The Kier molecular flexibility index (Phi) is 3.73. The van der Waals surface area contributed by atoms with Crippen LogP contribution in [-0.2, 0) is 13.0 Å². The Hall–Kier alpha value is -1.27. The Morgan fingerprint density at radius 1 is 1.71 bits per heavy atom. The highest BCUT2D eigenvalue weighted by Crippen LogP contribution is 2.03. The molecule has 0 aromatic carbocycles. The quantitative estimate of drug-likeness (QED) is 0.560. The fourth-order valence-corrected chi connectivity index (χ4v) is 1.40. The van der Waals surface area contributed by atoms with Crippen molar-refractivity contribution in [3.63, 3.8) is 0 Å². The van der Waals surface area contributed by atoms with Crippen LogP contribution < -0.4 is 5.56 Å². The maximum atomic E-state index is 11.5. The molecule has 0 radical (unpaired) electrons. The van der Waals surface area contributed by atoms with Gasteiger partial charge >= 0.3 is 0 Å². The molecular weight excluding hydrogens is 200 g/mol. The van der Waals surface area contributed by atoms with Crippen LogP contribution in [0, 0.1) is 12.3 Å². The van der Waals surface area contributed by atoms with Gasteiger partial charge in [-0.1, -0.05) is 18.5 Å². The van der Waals surface area contributed by atoms with Crippen LogP contribution in [-0.4, -0.2) is 9.55 Å². The van der Waals surface area contributed by atoms with Crippen LogP contribution in [0.5, 0.6) is 0 Å². The van der Waals surface area contributed by atoms with Gasteiger partial charge in [0.15, 0.2) is 0 Å². The van der Waals surface area contributed by atoms with Gasteiger partial charge in [-0.25, -0.2) is 4.98 Å².